The number of fused-ring (bicyclic) bond motifs is 1. The Kier molecular flexibility index (Phi) is 5.39. The number of nitrogens with zero attached hydrogens (tertiary/aromatic N) is 1. The number of hydrogen-bond donors (Lipinski definition) is 1. The molecule has 0 aliphatic heterocycles. The zero-order chi connectivity index (χ0) is 18.5. The molecule has 1 amide bonds. The largest absolute Gasteiger partial charge is 0.468 e. The monoisotopic (exact) mass is 364 g/mol. The Labute approximate surface area is 159 Å². The molecule has 1 atom stereocenters. The van der Waals surface area contributed by atoms with E-state index in [4.69, 9.17) is 8.83 Å². The summed E-state index contributed by atoms with van der Waals surface area (Å²) in [6.07, 6.45) is 6.48. The van der Waals surface area contributed by atoms with Crippen molar-refractivity contribution in [1.82, 2.24) is 10.2 Å². The predicted octanol–water partition coefficient (Wildman–Crippen LogP) is 4.07. The molecule has 140 valence electrons. The molecule has 0 radical (unpaired) electrons. The van der Waals surface area contributed by atoms with E-state index in [2.05, 4.69) is 23.5 Å². The fourth-order valence-electron chi connectivity index (χ4n) is 3.76. The Bertz CT molecular complexity index is 819. The van der Waals surface area contributed by atoms with Crippen molar-refractivity contribution in [3.05, 3.63) is 83.7 Å². The van der Waals surface area contributed by atoms with Crippen LogP contribution >= 0.6 is 0 Å². The number of carbonyl (C=O) groups excluding carboxylic acids is 1. The lowest BCUT2D eigenvalue weighted by molar-refractivity contribution is -0.123. The van der Waals surface area contributed by atoms with Gasteiger partial charge in [-0.3, -0.25) is 9.69 Å². The molecule has 0 unspecified atom stereocenters. The van der Waals surface area contributed by atoms with Gasteiger partial charge in [0.2, 0.25) is 5.91 Å². The number of furan rings is 2. The number of aryl methyl sites for hydroxylation is 1. The van der Waals surface area contributed by atoms with Crippen LogP contribution < -0.4 is 5.32 Å². The minimum absolute atomic E-state index is 0.0230. The van der Waals surface area contributed by atoms with Crippen LogP contribution in [0.5, 0.6) is 0 Å². The zero-order valence-electron chi connectivity index (χ0n) is 15.3. The Morgan fingerprint density at radius 3 is 2.37 bits per heavy atom. The summed E-state index contributed by atoms with van der Waals surface area (Å²) >= 11 is 0. The molecule has 3 aromatic rings. The van der Waals surface area contributed by atoms with Gasteiger partial charge < -0.3 is 14.2 Å². The highest BCUT2D eigenvalue weighted by Gasteiger charge is 2.22. The van der Waals surface area contributed by atoms with Crippen LogP contribution in [0.3, 0.4) is 0 Å². The normalized spacial score (nSPS) is 16.3. The van der Waals surface area contributed by atoms with Crippen LogP contribution in [0.25, 0.3) is 0 Å². The summed E-state index contributed by atoms with van der Waals surface area (Å²) in [7, 11) is 0. The van der Waals surface area contributed by atoms with E-state index in [1.54, 1.807) is 12.5 Å². The predicted molar refractivity (Wildman–Crippen MR) is 102 cm³/mol. The highest BCUT2D eigenvalue weighted by atomic mass is 16.3. The fraction of sp³-hybridized carbons (Fsp3) is 0.318. The van der Waals surface area contributed by atoms with Gasteiger partial charge in [-0.15, -0.1) is 0 Å². The number of hydrogen-bond acceptors (Lipinski definition) is 4. The molecule has 4 rings (SSSR count). The van der Waals surface area contributed by atoms with E-state index in [1.165, 1.54) is 11.1 Å². The van der Waals surface area contributed by atoms with E-state index in [0.717, 1.165) is 30.8 Å². The van der Waals surface area contributed by atoms with Gasteiger partial charge in [0.1, 0.15) is 11.5 Å². The van der Waals surface area contributed by atoms with E-state index >= 15 is 0 Å². The smallest absolute Gasteiger partial charge is 0.234 e. The molecule has 0 spiro atoms. The van der Waals surface area contributed by atoms with E-state index in [1.807, 2.05) is 35.2 Å². The summed E-state index contributed by atoms with van der Waals surface area (Å²) in [5, 5.41) is 3.22. The highest BCUT2D eigenvalue weighted by Crippen LogP contribution is 2.29. The van der Waals surface area contributed by atoms with Gasteiger partial charge in [0.25, 0.3) is 0 Å². The van der Waals surface area contributed by atoms with Crippen molar-refractivity contribution >= 4 is 5.91 Å². The third kappa shape index (κ3) is 4.49. The summed E-state index contributed by atoms with van der Waals surface area (Å²) in [5.74, 6) is 1.68. The van der Waals surface area contributed by atoms with Crippen molar-refractivity contribution in [1.29, 1.82) is 0 Å². The first-order chi connectivity index (χ1) is 13.3. The summed E-state index contributed by atoms with van der Waals surface area (Å²) in [6.45, 7) is 1.41. The Morgan fingerprint density at radius 1 is 1.00 bits per heavy atom. The maximum atomic E-state index is 12.8. The Balaban J connectivity index is 1.42. The van der Waals surface area contributed by atoms with Gasteiger partial charge in [-0.05, 0) is 54.7 Å². The van der Waals surface area contributed by atoms with E-state index in [-0.39, 0.29) is 11.9 Å². The van der Waals surface area contributed by atoms with Gasteiger partial charge in [-0.2, -0.15) is 0 Å². The zero-order valence-corrected chi connectivity index (χ0v) is 15.3. The van der Waals surface area contributed by atoms with Crippen molar-refractivity contribution in [3.63, 3.8) is 0 Å². The second kappa shape index (κ2) is 8.27. The van der Waals surface area contributed by atoms with Crippen molar-refractivity contribution in [2.45, 2.75) is 38.4 Å². The molecule has 1 N–H and O–H groups in total. The van der Waals surface area contributed by atoms with Gasteiger partial charge in [-0.1, -0.05) is 24.3 Å². The molecule has 0 fully saturated rings. The first-order valence-electron chi connectivity index (χ1n) is 9.42. The van der Waals surface area contributed by atoms with E-state index in [0.29, 0.717) is 19.6 Å². The molecule has 1 aliphatic carbocycles. The number of rotatable bonds is 7. The maximum Gasteiger partial charge on any atom is 0.234 e. The van der Waals surface area contributed by atoms with Crippen LogP contribution in [0, 0.1) is 0 Å². The van der Waals surface area contributed by atoms with Crippen molar-refractivity contribution in [2.75, 3.05) is 6.54 Å². The van der Waals surface area contributed by atoms with Gasteiger partial charge >= 0.3 is 0 Å². The second-order valence-electron chi connectivity index (χ2n) is 7.02. The molecular formula is C22H24N2O3. The van der Waals surface area contributed by atoms with Gasteiger partial charge in [0.05, 0.1) is 38.2 Å². The average Bonchev–Trinajstić information content (AvgIpc) is 3.36. The lowest BCUT2D eigenvalue weighted by Gasteiger charge is -2.27. The molecule has 2 aromatic heterocycles. The fourth-order valence-corrected chi connectivity index (χ4v) is 3.76. The molecule has 5 heteroatoms. The van der Waals surface area contributed by atoms with E-state index < -0.39 is 0 Å². The van der Waals surface area contributed by atoms with Crippen molar-refractivity contribution in [2.24, 2.45) is 0 Å². The van der Waals surface area contributed by atoms with Gasteiger partial charge in [-0.25, -0.2) is 0 Å². The third-order valence-corrected chi connectivity index (χ3v) is 4.99. The quantitative estimate of drug-likeness (QED) is 0.687. The topological polar surface area (TPSA) is 58.6 Å². The standard InChI is InChI=1S/C22H24N2O3/c25-22(23-21-11-3-7-17-6-1-2-10-20(17)21)16-24(14-18-8-4-12-26-18)15-19-9-5-13-27-19/h1-2,4-6,8-10,12-13,21H,3,7,11,14-16H2,(H,23,25)/t21-/m0/s1. The first kappa shape index (κ1) is 17.6. The molecule has 0 bridgehead atoms. The molecule has 2 heterocycles. The van der Waals surface area contributed by atoms with Crippen LogP contribution in [0.2, 0.25) is 0 Å². The molecule has 0 saturated carbocycles. The van der Waals surface area contributed by atoms with Crippen molar-refractivity contribution < 1.29 is 13.6 Å². The van der Waals surface area contributed by atoms with E-state index in [9.17, 15) is 4.79 Å². The SMILES string of the molecule is O=C(CN(Cc1ccco1)Cc1ccco1)N[C@H]1CCCc2ccccc21. The molecular weight excluding hydrogens is 340 g/mol. The molecule has 27 heavy (non-hydrogen) atoms. The van der Waals surface area contributed by atoms with Crippen LogP contribution in [-0.4, -0.2) is 17.4 Å². The molecule has 1 aromatic carbocycles. The number of benzene rings is 1. The number of amides is 1. The van der Waals surface area contributed by atoms with Crippen LogP contribution in [0.15, 0.2) is 69.9 Å². The van der Waals surface area contributed by atoms with Crippen molar-refractivity contribution in [3.8, 4) is 0 Å². The molecule has 5 nitrogen and oxygen atoms in total. The number of nitrogens with one attached hydrogen (secondary N) is 1. The summed E-state index contributed by atoms with van der Waals surface area (Å²) in [5.41, 5.74) is 2.60. The summed E-state index contributed by atoms with van der Waals surface area (Å²) in [4.78, 5) is 14.8. The van der Waals surface area contributed by atoms with Gasteiger partial charge in [0.15, 0.2) is 0 Å². The lowest BCUT2D eigenvalue weighted by atomic mass is 9.88. The average molecular weight is 364 g/mol. The Hall–Kier alpha value is -2.79. The number of carbonyl (C=O) groups is 1. The summed E-state index contributed by atoms with van der Waals surface area (Å²) in [6, 6.07) is 16.1. The minimum Gasteiger partial charge on any atom is -0.468 e. The molecule has 1 aliphatic rings. The maximum absolute atomic E-state index is 12.8. The lowest BCUT2D eigenvalue weighted by Crippen LogP contribution is -2.39. The van der Waals surface area contributed by atoms with Crippen LogP contribution in [0.1, 0.15) is 41.5 Å². The summed E-state index contributed by atoms with van der Waals surface area (Å²) < 4.78 is 10.9. The van der Waals surface area contributed by atoms with Crippen LogP contribution in [0.4, 0.5) is 0 Å². The van der Waals surface area contributed by atoms with Gasteiger partial charge in [0, 0.05) is 0 Å². The highest BCUT2D eigenvalue weighted by molar-refractivity contribution is 5.78. The second-order valence-corrected chi connectivity index (χ2v) is 7.02. The Morgan fingerprint density at radius 2 is 1.70 bits per heavy atom. The minimum atomic E-state index is 0.0230. The first-order valence-corrected chi connectivity index (χ1v) is 9.42. The molecule has 0 saturated heterocycles. The third-order valence-electron chi connectivity index (χ3n) is 4.99. The van der Waals surface area contributed by atoms with Crippen LogP contribution in [-0.2, 0) is 24.3 Å².